The number of nitrogens with zero attached hydrogens (tertiary/aromatic N) is 3. The van der Waals surface area contributed by atoms with E-state index in [0.717, 1.165) is 11.1 Å². The summed E-state index contributed by atoms with van der Waals surface area (Å²) in [5.74, 6) is 1.26. The number of benzene rings is 1. The monoisotopic (exact) mass is 323 g/mol. The third-order valence-electron chi connectivity index (χ3n) is 3.63. The van der Waals surface area contributed by atoms with Gasteiger partial charge in [0.2, 0.25) is 0 Å². The van der Waals surface area contributed by atoms with Crippen molar-refractivity contribution in [3.8, 4) is 22.8 Å². The van der Waals surface area contributed by atoms with E-state index in [4.69, 9.17) is 9.47 Å². The van der Waals surface area contributed by atoms with E-state index in [2.05, 4.69) is 10.1 Å². The quantitative estimate of drug-likeness (QED) is 0.721. The third-order valence-corrected chi connectivity index (χ3v) is 3.63. The van der Waals surface area contributed by atoms with E-state index in [1.54, 1.807) is 32.7 Å². The van der Waals surface area contributed by atoms with Crippen LogP contribution in [0.2, 0.25) is 0 Å². The van der Waals surface area contributed by atoms with Crippen LogP contribution in [-0.2, 0) is 6.54 Å². The summed E-state index contributed by atoms with van der Waals surface area (Å²) in [5, 5.41) is 4.46. The molecule has 0 saturated carbocycles. The summed E-state index contributed by atoms with van der Waals surface area (Å²) in [7, 11) is 3.17. The van der Waals surface area contributed by atoms with Crippen molar-refractivity contribution in [1.29, 1.82) is 0 Å². The molecule has 6 nitrogen and oxygen atoms in total. The van der Waals surface area contributed by atoms with Gasteiger partial charge in [0.15, 0.2) is 11.5 Å². The lowest BCUT2D eigenvalue weighted by atomic mass is 10.1. The van der Waals surface area contributed by atoms with Crippen LogP contribution < -0.4 is 15.0 Å². The van der Waals surface area contributed by atoms with Gasteiger partial charge >= 0.3 is 0 Å². The van der Waals surface area contributed by atoms with Gasteiger partial charge in [-0.2, -0.15) is 5.10 Å². The standard InChI is InChI=1S/C18H17N3O3/c1-23-16-5-3-14(11-17(16)24-2)15-4-6-18(22)21(20-15)12-13-7-9-19-10-8-13/h3-11H,12H2,1-2H3. The third kappa shape index (κ3) is 3.27. The van der Waals surface area contributed by atoms with Crippen LogP contribution in [0.15, 0.2) is 59.7 Å². The predicted molar refractivity (Wildman–Crippen MR) is 90.4 cm³/mol. The first-order chi connectivity index (χ1) is 11.7. The first kappa shape index (κ1) is 15.7. The molecule has 1 aromatic carbocycles. The lowest BCUT2D eigenvalue weighted by molar-refractivity contribution is 0.355. The zero-order valence-electron chi connectivity index (χ0n) is 13.5. The summed E-state index contributed by atoms with van der Waals surface area (Å²) in [4.78, 5) is 16.0. The summed E-state index contributed by atoms with van der Waals surface area (Å²) in [6.07, 6.45) is 3.39. The maximum atomic E-state index is 12.1. The van der Waals surface area contributed by atoms with Crippen LogP contribution in [0.3, 0.4) is 0 Å². The van der Waals surface area contributed by atoms with Crippen molar-refractivity contribution in [3.63, 3.8) is 0 Å². The molecule has 0 aliphatic carbocycles. The van der Waals surface area contributed by atoms with Gasteiger partial charge in [0.1, 0.15) is 0 Å². The molecule has 0 radical (unpaired) electrons. The van der Waals surface area contributed by atoms with Crippen LogP contribution >= 0.6 is 0 Å². The summed E-state index contributed by atoms with van der Waals surface area (Å²) >= 11 is 0. The topological polar surface area (TPSA) is 66.2 Å². The minimum Gasteiger partial charge on any atom is -0.493 e. The van der Waals surface area contributed by atoms with Crippen molar-refractivity contribution >= 4 is 0 Å². The van der Waals surface area contributed by atoms with E-state index < -0.39 is 0 Å². The van der Waals surface area contributed by atoms with Gasteiger partial charge in [-0.1, -0.05) is 0 Å². The second-order valence-corrected chi connectivity index (χ2v) is 5.14. The molecule has 2 heterocycles. The molecule has 0 saturated heterocycles. The molecule has 0 aliphatic rings. The number of hydrogen-bond donors (Lipinski definition) is 0. The Morgan fingerprint density at radius 1 is 0.958 bits per heavy atom. The molecule has 0 atom stereocenters. The van der Waals surface area contributed by atoms with Crippen LogP contribution in [0, 0.1) is 0 Å². The smallest absolute Gasteiger partial charge is 0.267 e. The van der Waals surface area contributed by atoms with E-state index in [1.807, 2.05) is 30.3 Å². The molecule has 6 heteroatoms. The Kier molecular flexibility index (Phi) is 4.56. The van der Waals surface area contributed by atoms with Crippen LogP contribution in [0.5, 0.6) is 11.5 Å². The highest BCUT2D eigenvalue weighted by molar-refractivity contribution is 5.63. The minimum atomic E-state index is -0.156. The largest absolute Gasteiger partial charge is 0.493 e. The SMILES string of the molecule is COc1ccc(-c2ccc(=O)n(Cc3ccncc3)n2)cc1OC. The van der Waals surface area contributed by atoms with Gasteiger partial charge in [0.05, 0.1) is 26.5 Å². The van der Waals surface area contributed by atoms with E-state index >= 15 is 0 Å². The van der Waals surface area contributed by atoms with Gasteiger partial charge in [-0.15, -0.1) is 0 Å². The molecule has 0 amide bonds. The second-order valence-electron chi connectivity index (χ2n) is 5.14. The molecule has 0 bridgehead atoms. The Morgan fingerprint density at radius 2 is 1.71 bits per heavy atom. The van der Waals surface area contributed by atoms with Gasteiger partial charge in [0, 0.05) is 24.0 Å². The fraction of sp³-hybridized carbons (Fsp3) is 0.167. The van der Waals surface area contributed by atoms with Crippen molar-refractivity contribution in [2.24, 2.45) is 0 Å². The van der Waals surface area contributed by atoms with E-state index in [9.17, 15) is 4.79 Å². The molecule has 3 aromatic rings. The van der Waals surface area contributed by atoms with Gasteiger partial charge in [-0.05, 0) is 42.0 Å². The van der Waals surface area contributed by atoms with Crippen molar-refractivity contribution in [2.45, 2.75) is 6.54 Å². The Hall–Kier alpha value is -3.15. The molecule has 0 N–H and O–H groups in total. The fourth-order valence-electron chi connectivity index (χ4n) is 2.37. The fourth-order valence-corrected chi connectivity index (χ4v) is 2.37. The Bertz CT molecular complexity index is 892. The first-order valence-corrected chi connectivity index (χ1v) is 7.40. The highest BCUT2D eigenvalue weighted by Gasteiger charge is 2.09. The number of methoxy groups -OCH3 is 2. The van der Waals surface area contributed by atoms with Crippen molar-refractivity contribution in [1.82, 2.24) is 14.8 Å². The van der Waals surface area contributed by atoms with Crippen molar-refractivity contribution in [2.75, 3.05) is 14.2 Å². The number of pyridine rings is 1. The van der Waals surface area contributed by atoms with Gasteiger partial charge in [0.25, 0.3) is 5.56 Å². The zero-order chi connectivity index (χ0) is 16.9. The molecular weight excluding hydrogens is 306 g/mol. The zero-order valence-corrected chi connectivity index (χ0v) is 13.5. The van der Waals surface area contributed by atoms with Crippen LogP contribution in [0.1, 0.15) is 5.56 Å². The molecule has 0 aliphatic heterocycles. The van der Waals surface area contributed by atoms with Crippen molar-refractivity contribution in [3.05, 3.63) is 70.8 Å². The molecule has 3 rings (SSSR count). The second kappa shape index (κ2) is 6.95. The van der Waals surface area contributed by atoms with Gasteiger partial charge in [-0.3, -0.25) is 9.78 Å². The summed E-state index contributed by atoms with van der Waals surface area (Å²) in [6, 6.07) is 12.5. The highest BCUT2D eigenvalue weighted by atomic mass is 16.5. The van der Waals surface area contributed by atoms with Crippen LogP contribution in [0.4, 0.5) is 0 Å². The molecule has 122 valence electrons. The van der Waals surface area contributed by atoms with E-state index in [0.29, 0.717) is 23.7 Å². The maximum Gasteiger partial charge on any atom is 0.267 e. The Labute approximate surface area is 139 Å². The highest BCUT2D eigenvalue weighted by Crippen LogP contribution is 2.31. The maximum absolute atomic E-state index is 12.1. The Balaban J connectivity index is 1.98. The number of hydrogen-bond acceptors (Lipinski definition) is 5. The predicted octanol–water partition coefficient (Wildman–Crippen LogP) is 2.37. The average molecular weight is 323 g/mol. The van der Waals surface area contributed by atoms with Gasteiger partial charge in [-0.25, -0.2) is 4.68 Å². The molecule has 0 fully saturated rings. The average Bonchev–Trinajstić information content (AvgIpc) is 2.64. The molecule has 0 spiro atoms. The summed E-state index contributed by atoms with van der Waals surface area (Å²) in [5.41, 5.74) is 2.33. The van der Waals surface area contributed by atoms with E-state index in [1.165, 1.54) is 10.7 Å². The molecule has 2 aromatic heterocycles. The van der Waals surface area contributed by atoms with Crippen LogP contribution in [0.25, 0.3) is 11.3 Å². The lowest BCUT2D eigenvalue weighted by Gasteiger charge is -2.10. The van der Waals surface area contributed by atoms with Gasteiger partial charge < -0.3 is 9.47 Å². The molecule has 0 unspecified atom stereocenters. The normalized spacial score (nSPS) is 10.4. The van der Waals surface area contributed by atoms with Crippen molar-refractivity contribution < 1.29 is 9.47 Å². The lowest BCUT2D eigenvalue weighted by Crippen LogP contribution is -2.22. The van der Waals surface area contributed by atoms with E-state index in [-0.39, 0.29) is 5.56 Å². The first-order valence-electron chi connectivity index (χ1n) is 7.40. The molecule has 24 heavy (non-hydrogen) atoms. The Morgan fingerprint density at radius 3 is 2.42 bits per heavy atom. The number of aromatic nitrogens is 3. The summed E-state index contributed by atoms with van der Waals surface area (Å²) < 4.78 is 12.0. The van der Waals surface area contributed by atoms with Crippen LogP contribution in [-0.4, -0.2) is 29.0 Å². The molecular formula is C18H17N3O3. The minimum absolute atomic E-state index is 0.156. The number of ether oxygens (including phenoxy) is 2. The summed E-state index contributed by atoms with van der Waals surface area (Å²) in [6.45, 7) is 0.391. The number of rotatable bonds is 5.